The first kappa shape index (κ1) is 13.6. The Balaban J connectivity index is 2.38. The third-order valence-corrected chi connectivity index (χ3v) is 2.67. The van der Waals surface area contributed by atoms with Gasteiger partial charge in [-0.1, -0.05) is 0 Å². The molecule has 0 radical (unpaired) electrons. The minimum Gasteiger partial charge on any atom is -0.493 e. The second-order valence-corrected chi connectivity index (χ2v) is 3.88. The van der Waals surface area contributed by atoms with E-state index in [1.165, 1.54) is 13.4 Å². The van der Waals surface area contributed by atoms with Gasteiger partial charge in [-0.3, -0.25) is 0 Å². The summed E-state index contributed by atoms with van der Waals surface area (Å²) in [6.45, 7) is 1.78. The van der Waals surface area contributed by atoms with Gasteiger partial charge in [-0.05, 0) is 19.1 Å². The number of nitriles is 1. The Bertz CT molecular complexity index is 666. The number of methoxy groups -OCH3 is 1. The lowest BCUT2D eigenvalue weighted by atomic mass is 10.2. The van der Waals surface area contributed by atoms with Gasteiger partial charge in [0, 0.05) is 6.07 Å². The zero-order valence-electron chi connectivity index (χ0n) is 11.0. The van der Waals surface area contributed by atoms with Crippen molar-refractivity contribution >= 4 is 5.82 Å². The summed E-state index contributed by atoms with van der Waals surface area (Å²) < 4.78 is 10.9. The summed E-state index contributed by atoms with van der Waals surface area (Å²) in [6.07, 6.45) is 1.34. The largest absolute Gasteiger partial charge is 0.493 e. The molecule has 0 aliphatic carbocycles. The Labute approximate surface area is 116 Å². The number of hydrazine groups is 1. The summed E-state index contributed by atoms with van der Waals surface area (Å²) >= 11 is 0. The van der Waals surface area contributed by atoms with Gasteiger partial charge in [0.1, 0.15) is 12.1 Å². The first-order chi connectivity index (χ1) is 9.69. The molecule has 0 atom stereocenters. The van der Waals surface area contributed by atoms with E-state index in [4.69, 9.17) is 20.6 Å². The average molecular weight is 271 g/mol. The molecule has 102 valence electrons. The SMILES string of the molecule is COc1cc(C#N)ccc1Oc1ncnc(NN)c1C. The van der Waals surface area contributed by atoms with Crippen LogP contribution in [0.25, 0.3) is 0 Å². The van der Waals surface area contributed by atoms with Crippen LogP contribution >= 0.6 is 0 Å². The van der Waals surface area contributed by atoms with Crippen LogP contribution in [-0.4, -0.2) is 17.1 Å². The molecule has 3 N–H and O–H groups in total. The van der Waals surface area contributed by atoms with Gasteiger partial charge in [-0.2, -0.15) is 5.26 Å². The number of ether oxygens (including phenoxy) is 2. The summed E-state index contributed by atoms with van der Waals surface area (Å²) in [5, 5.41) is 8.86. The molecule has 0 aliphatic heterocycles. The van der Waals surface area contributed by atoms with E-state index in [-0.39, 0.29) is 0 Å². The fourth-order valence-electron chi connectivity index (χ4n) is 1.61. The van der Waals surface area contributed by atoms with Crippen molar-refractivity contribution < 1.29 is 9.47 Å². The number of nitrogens with zero attached hydrogens (tertiary/aromatic N) is 3. The van der Waals surface area contributed by atoms with Crippen molar-refractivity contribution in [3.63, 3.8) is 0 Å². The maximum Gasteiger partial charge on any atom is 0.227 e. The molecule has 1 aromatic carbocycles. The summed E-state index contributed by atoms with van der Waals surface area (Å²) in [5.74, 6) is 7.09. The van der Waals surface area contributed by atoms with Crippen molar-refractivity contribution in [1.82, 2.24) is 9.97 Å². The highest BCUT2D eigenvalue weighted by molar-refractivity contribution is 5.51. The fraction of sp³-hybridized carbons (Fsp3) is 0.154. The number of nitrogen functional groups attached to an aromatic ring is 1. The molecular formula is C13H13N5O2. The minimum atomic E-state index is 0.357. The molecule has 2 aromatic rings. The molecule has 20 heavy (non-hydrogen) atoms. The van der Waals surface area contributed by atoms with Crippen molar-refractivity contribution in [2.45, 2.75) is 6.92 Å². The zero-order chi connectivity index (χ0) is 14.5. The second kappa shape index (κ2) is 5.86. The normalized spacial score (nSPS) is 9.70. The van der Waals surface area contributed by atoms with Gasteiger partial charge in [0.15, 0.2) is 11.5 Å². The first-order valence-electron chi connectivity index (χ1n) is 5.73. The summed E-state index contributed by atoms with van der Waals surface area (Å²) in [6, 6.07) is 6.91. The molecule has 0 unspecified atom stereocenters. The molecule has 7 nitrogen and oxygen atoms in total. The van der Waals surface area contributed by atoms with E-state index in [1.54, 1.807) is 25.1 Å². The van der Waals surface area contributed by atoms with E-state index in [1.807, 2.05) is 6.07 Å². The molecule has 0 saturated heterocycles. The Morgan fingerprint density at radius 1 is 1.30 bits per heavy atom. The lowest BCUT2D eigenvalue weighted by Gasteiger charge is -2.12. The Hall–Kier alpha value is -2.85. The predicted octanol–water partition coefficient (Wildman–Crippen LogP) is 1.74. The van der Waals surface area contributed by atoms with Crippen LogP contribution in [0.2, 0.25) is 0 Å². The van der Waals surface area contributed by atoms with Gasteiger partial charge in [-0.15, -0.1) is 0 Å². The van der Waals surface area contributed by atoms with Crippen LogP contribution < -0.4 is 20.7 Å². The van der Waals surface area contributed by atoms with Crippen molar-refractivity contribution in [2.75, 3.05) is 12.5 Å². The Morgan fingerprint density at radius 3 is 2.75 bits per heavy atom. The zero-order valence-corrected chi connectivity index (χ0v) is 11.0. The van der Waals surface area contributed by atoms with Crippen molar-refractivity contribution in [2.24, 2.45) is 5.84 Å². The molecule has 0 fully saturated rings. The van der Waals surface area contributed by atoms with Gasteiger partial charge in [0.25, 0.3) is 0 Å². The maximum atomic E-state index is 8.86. The second-order valence-electron chi connectivity index (χ2n) is 3.88. The minimum absolute atomic E-state index is 0.357. The van der Waals surface area contributed by atoms with E-state index < -0.39 is 0 Å². The standard InChI is InChI=1S/C13H13N5O2/c1-8-12(18-15)16-7-17-13(8)20-10-4-3-9(6-14)5-11(10)19-2/h3-5,7H,15H2,1-2H3,(H,16,17,18). The van der Waals surface area contributed by atoms with E-state index in [0.717, 1.165) is 0 Å². The molecule has 0 amide bonds. The van der Waals surface area contributed by atoms with Crippen LogP contribution in [0.1, 0.15) is 11.1 Å². The predicted molar refractivity (Wildman–Crippen MR) is 72.4 cm³/mol. The first-order valence-corrected chi connectivity index (χ1v) is 5.73. The molecule has 1 aromatic heterocycles. The highest BCUT2D eigenvalue weighted by Crippen LogP contribution is 2.33. The smallest absolute Gasteiger partial charge is 0.227 e. The summed E-state index contributed by atoms with van der Waals surface area (Å²) in [4.78, 5) is 8.02. The van der Waals surface area contributed by atoms with E-state index >= 15 is 0 Å². The Morgan fingerprint density at radius 2 is 2.10 bits per heavy atom. The number of anilines is 1. The lowest BCUT2D eigenvalue weighted by molar-refractivity contribution is 0.373. The van der Waals surface area contributed by atoms with Crippen LogP contribution in [0.15, 0.2) is 24.5 Å². The Kier molecular flexibility index (Phi) is 3.98. The lowest BCUT2D eigenvalue weighted by Crippen LogP contribution is -2.11. The highest BCUT2D eigenvalue weighted by atomic mass is 16.5. The van der Waals surface area contributed by atoms with Crippen molar-refractivity contribution in [3.05, 3.63) is 35.7 Å². The quantitative estimate of drug-likeness (QED) is 0.644. The summed E-state index contributed by atoms with van der Waals surface area (Å²) in [7, 11) is 1.50. The molecule has 2 rings (SSSR count). The molecule has 1 heterocycles. The monoisotopic (exact) mass is 271 g/mol. The number of rotatable bonds is 4. The summed E-state index contributed by atoms with van der Waals surface area (Å²) in [5.41, 5.74) is 3.62. The number of nitrogens with one attached hydrogen (secondary N) is 1. The van der Waals surface area contributed by atoms with Gasteiger partial charge in [-0.25, -0.2) is 15.8 Å². The van der Waals surface area contributed by atoms with E-state index in [0.29, 0.717) is 34.3 Å². The van der Waals surface area contributed by atoms with Gasteiger partial charge < -0.3 is 14.9 Å². The molecule has 0 spiro atoms. The fourth-order valence-corrected chi connectivity index (χ4v) is 1.61. The van der Waals surface area contributed by atoms with Crippen molar-refractivity contribution in [3.8, 4) is 23.4 Å². The number of benzene rings is 1. The molecule has 0 bridgehead atoms. The van der Waals surface area contributed by atoms with E-state index in [2.05, 4.69) is 15.4 Å². The van der Waals surface area contributed by atoms with Gasteiger partial charge in [0.2, 0.25) is 5.88 Å². The number of aromatic nitrogens is 2. The molecule has 0 saturated carbocycles. The van der Waals surface area contributed by atoms with Crippen LogP contribution in [0.4, 0.5) is 5.82 Å². The van der Waals surface area contributed by atoms with Crippen LogP contribution in [0.5, 0.6) is 17.4 Å². The third kappa shape index (κ3) is 2.60. The number of nitrogens with two attached hydrogens (primary N) is 1. The van der Waals surface area contributed by atoms with Crippen LogP contribution in [0.3, 0.4) is 0 Å². The molecule has 0 aliphatic rings. The van der Waals surface area contributed by atoms with Crippen LogP contribution in [-0.2, 0) is 0 Å². The highest BCUT2D eigenvalue weighted by Gasteiger charge is 2.12. The average Bonchev–Trinajstić information content (AvgIpc) is 2.49. The maximum absolute atomic E-state index is 8.86. The van der Waals surface area contributed by atoms with E-state index in [9.17, 15) is 0 Å². The van der Waals surface area contributed by atoms with Crippen LogP contribution in [0, 0.1) is 18.3 Å². The van der Waals surface area contributed by atoms with Crippen molar-refractivity contribution in [1.29, 1.82) is 5.26 Å². The van der Waals surface area contributed by atoms with Gasteiger partial charge >= 0.3 is 0 Å². The molecular weight excluding hydrogens is 258 g/mol. The number of hydrogen-bond donors (Lipinski definition) is 2. The third-order valence-electron chi connectivity index (χ3n) is 2.67. The molecule has 7 heteroatoms. The number of hydrogen-bond acceptors (Lipinski definition) is 7. The van der Waals surface area contributed by atoms with Gasteiger partial charge in [0.05, 0.1) is 24.3 Å². The topological polar surface area (TPSA) is 106 Å².